The van der Waals surface area contributed by atoms with Crippen LogP contribution in [0.5, 0.6) is 0 Å². The van der Waals surface area contributed by atoms with Crippen LogP contribution in [-0.2, 0) is 11.5 Å². The average Bonchev–Trinajstić information content (AvgIpc) is 3.15. The number of aliphatic hydroxyl groups is 1. The highest BCUT2D eigenvalue weighted by Crippen LogP contribution is 2.48. The zero-order valence-electron chi connectivity index (χ0n) is 16.9. The van der Waals surface area contributed by atoms with Gasteiger partial charge < -0.3 is 14.4 Å². The molecule has 0 aliphatic carbocycles. The fourth-order valence-corrected chi connectivity index (χ4v) is 3.76. The SMILES string of the molecule is [N-]=[N+]=Nc1c(-c2ccccc2)c(-c2ccccc2)n(COCCO)c1-c1ccccc1. The number of hydrogen-bond donors (Lipinski definition) is 1. The van der Waals surface area contributed by atoms with Gasteiger partial charge in [-0.1, -0.05) is 96.1 Å². The lowest BCUT2D eigenvalue weighted by molar-refractivity contribution is 0.0500. The Morgan fingerprint density at radius 1 is 0.774 bits per heavy atom. The van der Waals surface area contributed by atoms with Crippen molar-refractivity contribution in [1.29, 1.82) is 0 Å². The Labute approximate surface area is 180 Å². The van der Waals surface area contributed by atoms with Gasteiger partial charge in [0.2, 0.25) is 0 Å². The van der Waals surface area contributed by atoms with Crippen molar-refractivity contribution in [3.8, 4) is 33.6 Å². The standard InChI is InChI=1S/C25H22N4O2/c26-28-27-23-22(19-10-4-1-5-11-19)24(20-12-6-2-7-13-20)29(18-31-17-16-30)25(23)21-14-8-3-9-15-21/h1-15,30H,16-18H2. The molecule has 0 radical (unpaired) electrons. The van der Waals surface area contributed by atoms with Gasteiger partial charge >= 0.3 is 0 Å². The second-order valence-corrected chi connectivity index (χ2v) is 6.90. The Morgan fingerprint density at radius 2 is 1.29 bits per heavy atom. The smallest absolute Gasteiger partial charge is 0.123 e. The summed E-state index contributed by atoms with van der Waals surface area (Å²) in [6.45, 7) is 0.339. The predicted octanol–water partition coefficient (Wildman–Crippen LogP) is 6.40. The molecule has 0 unspecified atom stereocenters. The maximum atomic E-state index is 9.43. The molecule has 4 aromatic rings. The monoisotopic (exact) mass is 410 g/mol. The molecule has 0 bridgehead atoms. The summed E-state index contributed by atoms with van der Waals surface area (Å²) >= 11 is 0. The fraction of sp³-hybridized carbons (Fsp3) is 0.120. The number of aromatic nitrogens is 1. The lowest BCUT2D eigenvalue weighted by atomic mass is 9.99. The van der Waals surface area contributed by atoms with Crippen molar-refractivity contribution in [1.82, 2.24) is 4.57 Å². The van der Waals surface area contributed by atoms with Gasteiger partial charge in [-0.15, -0.1) is 0 Å². The third kappa shape index (κ3) is 4.22. The average molecular weight is 410 g/mol. The van der Waals surface area contributed by atoms with Gasteiger partial charge in [-0.05, 0) is 22.2 Å². The van der Waals surface area contributed by atoms with Gasteiger partial charge in [0, 0.05) is 10.5 Å². The van der Waals surface area contributed by atoms with Crippen LogP contribution in [0.2, 0.25) is 0 Å². The summed E-state index contributed by atoms with van der Waals surface area (Å²) in [7, 11) is 0. The number of benzene rings is 3. The summed E-state index contributed by atoms with van der Waals surface area (Å²) in [4.78, 5) is 3.15. The third-order valence-electron chi connectivity index (χ3n) is 5.00. The summed E-state index contributed by atoms with van der Waals surface area (Å²) in [6, 6.07) is 29.7. The molecule has 0 fully saturated rings. The molecule has 0 aliphatic rings. The molecule has 1 N–H and O–H groups in total. The van der Waals surface area contributed by atoms with Gasteiger partial charge in [0.1, 0.15) is 6.73 Å². The number of rotatable bonds is 8. The van der Waals surface area contributed by atoms with Crippen LogP contribution in [0.4, 0.5) is 5.69 Å². The van der Waals surface area contributed by atoms with Crippen LogP contribution >= 0.6 is 0 Å². The molecule has 3 aromatic carbocycles. The maximum Gasteiger partial charge on any atom is 0.123 e. The Morgan fingerprint density at radius 3 is 1.81 bits per heavy atom. The molecule has 6 nitrogen and oxygen atoms in total. The van der Waals surface area contributed by atoms with Gasteiger partial charge in [0.25, 0.3) is 0 Å². The molecule has 1 aromatic heterocycles. The molecule has 0 saturated heterocycles. The Kier molecular flexibility index (Phi) is 6.45. The highest BCUT2D eigenvalue weighted by Gasteiger charge is 2.25. The topological polar surface area (TPSA) is 83.2 Å². The normalized spacial score (nSPS) is 10.6. The summed E-state index contributed by atoms with van der Waals surface area (Å²) in [6.07, 6.45) is 0. The van der Waals surface area contributed by atoms with Crippen molar-refractivity contribution < 1.29 is 9.84 Å². The van der Waals surface area contributed by atoms with Crippen LogP contribution < -0.4 is 0 Å². The number of aliphatic hydroxyl groups excluding tert-OH is 1. The number of azide groups is 1. The minimum atomic E-state index is -0.0721. The number of ether oxygens (including phenoxy) is 1. The van der Waals surface area contributed by atoms with Crippen LogP contribution in [0.15, 0.2) is 96.1 Å². The van der Waals surface area contributed by atoms with Crippen molar-refractivity contribution in [3.05, 3.63) is 101 Å². The van der Waals surface area contributed by atoms with Crippen molar-refractivity contribution in [2.75, 3.05) is 13.2 Å². The van der Waals surface area contributed by atoms with Crippen molar-refractivity contribution >= 4 is 5.69 Å². The molecule has 31 heavy (non-hydrogen) atoms. The molecule has 0 aliphatic heterocycles. The van der Waals surface area contributed by atoms with E-state index in [-0.39, 0.29) is 19.9 Å². The van der Waals surface area contributed by atoms with Gasteiger partial charge in [0.05, 0.1) is 30.3 Å². The van der Waals surface area contributed by atoms with E-state index in [1.165, 1.54) is 0 Å². The first-order valence-corrected chi connectivity index (χ1v) is 10.0. The second kappa shape index (κ2) is 9.78. The largest absolute Gasteiger partial charge is 0.394 e. The Hall–Kier alpha value is -3.83. The van der Waals surface area contributed by atoms with Crippen molar-refractivity contribution in [3.63, 3.8) is 0 Å². The van der Waals surface area contributed by atoms with E-state index in [9.17, 15) is 10.6 Å². The quantitative estimate of drug-likeness (QED) is 0.158. The Bertz CT molecular complexity index is 1180. The molecule has 0 saturated carbocycles. The molecule has 0 atom stereocenters. The second-order valence-electron chi connectivity index (χ2n) is 6.90. The molecular formula is C25H22N4O2. The molecular weight excluding hydrogens is 388 g/mol. The number of hydrogen-bond acceptors (Lipinski definition) is 3. The lowest BCUT2D eigenvalue weighted by Crippen LogP contribution is -2.08. The van der Waals surface area contributed by atoms with Gasteiger partial charge in [-0.2, -0.15) is 0 Å². The van der Waals surface area contributed by atoms with Crippen molar-refractivity contribution in [2.24, 2.45) is 5.11 Å². The van der Waals surface area contributed by atoms with E-state index in [0.29, 0.717) is 5.69 Å². The van der Waals surface area contributed by atoms with Crippen molar-refractivity contribution in [2.45, 2.75) is 6.73 Å². The highest BCUT2D eigenvalue weighted by molar-refractivity contribution is 5.97. The predicted molar refractivity (Wildman–Crippen MR) is 123 cm³/mol. The summed E-state index contributed by atoms with van der Waals surface area (Å²) < 4.78 is 7.77. The zero-order chi connectivity index (χ0) is 21.5. The molecule has 6 heteroatoms. The minimum absolute atomic E-state index is 0.0721. The lowest BCUT2D eigenvalue weighted by Gasteiger charge is -2.15. The summed E-state index contributed by atoms with van der Waals surface area (Å²) in [5.41, 5.74) is 15.3. The maximum absolute atomic E-state index is 9.43. The van der Waals surface area contributed by atoms with Crippen LogP contribution in [0, 0.1) is 0 Å². The molecule has 4 rings (SSSR count). The van der Waals surface area contributed by atoms with E-state index >= 15 is 0 Å². The van der Waals surface area contributed by atoms with Crippen LogP contribution in [0.1, 0.15) is 0 Å². The van der Waals surface area contributed by atoms with Gasteiger partial charge in [0.15, 0.2) is 0 Å². The number of nitrogens with zero attached hydrogens (tertiary/aromatic N) is 4. The summed E-state index contributed by atoms with van der Waals surface area (Å²) in [5.74, 6) is 0. The van der Waals surface area contributed by atoms with E-state index in [4.69, 9.17) is 4.74 Å². The summed E-state index contributed by atoms with van der Waals surface area (Å²) in [5, 5.41) is 13.4. The molecule has 1 heterocycles. The molecule has 154 valence electrons. The molecule has 0 amide bonds. The first kappa shape index (κ1) is 20.4. The highest BCUT2D eigenvalue weighted by atomic mass is 16.5. The Balaban J connectivity index is 2.11. The minimum Gasteiger partial charge on any atom is -0.394 e. The van der Waals surface area contributed by atoms with E-state index in [1.54, 1.807) is 0 Å². The third-order valence-corrected chi connectivity index (χ3v) is 5.00. The van der Waals surface area contributed by atoms with E-state index in [1.807, 2.05) is 95.6 Å². The first-order chi connectivity index (χ1) is 15.3. The molecule has 0 spiro atoms. The zero-order valence-corrected chi connectivity index (χ0v) is 16.9. The van der Waals surface area contributed by atoms with Gasteiger partial charge in [-0.25, -0.2) is 0 Å². The van der Waals surface area contributed by atoms with Crippen LogP contribution in [0.3, 0.4) is 0 Å². The van der Waals surface area contributed by atoms with E-state index in [2.05, 4.69) is 10.0 Å². The first-order valence-electron chi connectivity index (χ1n) is 10.0. The van der Waals surface area contributed by atoms with E-state index in [0.717, 1.165) is 33.6 Å². The fourth-order valence-electron chi connectivity index (χ4n) is 3.76. The van der Waals surface area contributed by atoms with Crippen LogP contribution in [-0.4, -0.2) is 22.9 Å². The van der Waals surface area contributed by atoms with E-state index < -0.39 is 0 Å². The van der Waals surface area contributed by atoms with Gasteiger partial charge in [-0.3, -0.25) is 0 Å². The van der Waals surface area contributed by atoms with Crippen LogP contribution in [0.25, 0.3) is 44.1 Å².